The second-order valence-electron chi connectivity index (χ2n) is 2.09. The topological polar surface area (TPSA) is 319 Å². The van der Waals surface area contributed by atoms with Crippen LogP contribution in [0, 0.1) is 20.5 Å². The van der Waals surface area contributed by atoms with E-state index in [1.54, 1.807) is 0 Å². The van der Waals surface area contributed by atoms with Crippen molar-refractivity contribution in [3.63, 3.8) is 0 Å². The molecule has 1 aromatic rings. The van der Waals surface area contributed by atoms with Crippen LogP contribution in [-0.4, -0.2) is 58.7 Å². The molecule has 14 nitrogen and oxygen atoms in total. The second-order valence-corrected chi connectivity index (χ2v) is 3.60. The van der Waals surface area contributed by atoms with Gasteiger partial charge < -0.3 is 16.7 Å². The van der Waals surface area contributed by atoms with Crippen LogP contribution in [-0.2, 0) is 0 Å². The van der Waals surface area contributed by atoms with Crippen LogP contribution in [0.1, 0.15) is 0 Å². The molecule has 1 aromatic heterocycles. The standard InChI is InChI=1S/C4H5N3O.Ca.2ClHO4.2H2O/c5-3-1-2-6-4(8)7-3;;2*2-1(3,4)5;;/h1-2H,(H3,5,6,7,8);;2*(H,2,3,4,5);2*1H2/q;+2;;;;/p-2. The molecule has 122 valence electrons. The van der Waals surface area contributed by atoms with Crippen LogP contribution in [0.3, 0.4) is 0 Å². The van der Waals surface area contributed by atoms with Crippen molar-refractivity contribution in [3.05, 3.63) is 22.7 Å². The first-order valence-corrected chi connectivity index (χ1v) is 5.80. The van der Waals surface area contributed by atoms with Crippen molar-refractivity contribution >= 4 is 43.6 Å². The fourth-order valence-corrected chi connectivity index (χ4v) is 0.383. The molecule has 7 N–H and O–H groups in total. The van der Waals surface area contributed by atoms with Gasteiger partial charge in [0, 0.05) is 6.20 Å². The summed E-state index contributed by atoms with van der Waals surface area (Å²) in [7, 11) is -9.89. The van der Waals surface area contributed by atoms with Gasteiger partial charge in [-0.3, -0.25) is 4.98 Å². The average Bonchev–Trinajstić information content (AvgIpc) is 1.95. The molecule has 0 aliphatic carbocycles. The van der Waals surface area contributed by atoms with E-state index in [1.165, 1.54) is 12.3 Å². The molecule has 0 amide bonds. The molecule has 1 heterocycles. The maximum absolute atomic E-state index is 10.2. The maximum atomic E-state index is 10.2. The van der Waals surface area contributed by atoms with Gasteiger partial charge >= 0.3 is 43.4 Å². The molecule has 0 aromatic carbocycles. The molecular weight excluding hydrogens is 377 g/mol. The zero-order valence-corrected chi connectivity index (χ0v) is 13.5. The number of rotatable bonds is 0. The molecule has 0 unspecified atom stereocenters. The van der Waals surface area contributed by atoms with E-state index in [1.807, 2.05) is 0 Å². The van der Waals surface area contributed by atoms with E-state index in [4.69, 9.17) is 43.0 Å². The van der Waals surface area contributed by atoms with Crippen molar-refractivity contribution in [2.45, 2.75) is 0 Å². The Hall–Kier alpha value is 0.120. The van der Waals surface area contributed by atoms with Gasteiger partial charge in [-0.15, -0.1) is 20.5 Å². The van der Waals surface area contributed by atoms with E-state index in [-0.39, 0.29) is 48.7 Å². The Balaban J connectivity index is -0.0000000595. The van der Waals surface area contributed by atoms with Crippen molar-refractivity contribution in [1.29, 1.82) is 0 Å². The molecule has 1 rings (SSSR count). The number of aromatic nitrogens is 2. The summed E-state index contributed by atoms with van der Waals surface area (Å²) < 4.78 is 67.9. The van der Waals surface area contributed by atoms with E-state index >= 15 is 0 Å². The van der Waals surface area contributed by atoms with E-state index in [9.17, 15) is 4.79 Å². The molecular formula is C4H9CaCl2N3O11. The minimum absolute atomic E-state index is 0. The Labute approximate surface area is 150 Å². The third kappa shape index (κ3) is 64.5. The predicted molar refractivity (Wildman–Crippen MR) is 42.3 cm³/mol. The van der Waals surface area contributed by atoms with Crippen molar-refractivity contribution < 1.29 is 68.7 Å². The summed E-state index contributed by atoms with van der Waals surface area (Å²) in [4.78, 5) is 15.9. The molecule has 0 bridgehead atoms. The number of H-pyrrole nitrogens is 1. The molecule has 21 heavy (non-hydrogen) atoms. The Bertz CT molecular complexity index is 368. The summed E-state index contributed by atoms with van der Waals surface area (Å²) in [6, 6.07) is 1.52. The first kappa shape index (κ1) is 32.9. The van der Waals surface area contributed by atoms with Crippen LogP contribution in [0.5, 0.6) is 0 Å². The normalized spacial score (nSPS) is 9.14. The second kappa shape index (κ2) is 15.0. The van der Waals surface area contributed by atoms with Crippen molar-refractivity contribution in [1.82, 2.24) is 9.97 Å². The van der Waals surface area contributed by atoms with Crippen LogP contribution in [0.25, 0.3) is 0 Å². The Kier molecular flexibility index (Phi) is 23.6. The van der Waals surface area contributed by atoms with Gasteiger partial charge in [-0.05, 0) is 6.07 Å². The minimum atomic E-state index is -4.94. The molecule has 0 saturated heterocycles. The van der Waals surface area contributed by atoms with Crippen molar-refractivity contribution in [2.24, 2.45) is 0 Å². The number of nitrogens with one attached hydrogen (secondary N) is 1. The first-order chi connectivity index (χ1) is 7.79. The summed E-state index contributed by atoms with van der Waals surface area (Å²) in [5, 5.41) is 0. The number of hydrogen-bond acceptors (Lipinski definition) is 11. The molecule has 0 spiro atoms. The molecule has 17 heteroatoms. The summed E-state index contributed by atoms with van der Waals surface area (Å²) >= 11 is 0. The quantitative estimate of drug-likeness (QED) is 0.394. The van der Waals surface area contributed by atoms with Crippen molar-refractivity contribution in [2.75, 3.05) is 5.73 Å². The van der Waals surface area contributed by atoms with Crippen LogP contribution >= 0.6 is 0 Å². The Morgan fingerprint density at radius 3 is 1.38 bits per heavy atom. The van der Waals surface area contributed by atoms with Gasteiger partial charge in [0.25, 0.3) is 0 Å². The van der Waals surface area contributed by atoms with Gasteiger partial charge in [0.15, 0.2) is 0 Å². The minimum Gasteiger partial charge on any atom is -0.412 e. The number of nitrogen functional groups attached to an aromatic ring is 1. The number of aromatic amines is 1. The van der Waals surface area contributed by atoms with Gasteiger partial charge in [0.1, 0.15) is 5.82 Å². The largest absolute Gasteiger partial charge is 2.00 e. The summed E-state index contributed by atoms with van der Waals surface area (Å²) in [5.41, 5.74) is 4.75. The van der Waals surface area contributed by atoms with Gasteiger partial charge in [0.05, 0.1) is 0 Å². The molecule has 0 fully saturated rings. The molecule has 0 aliphatic heterocycles. The van der Waals surface area contributed by atoms with Gasteiger partial charge in [-0.1, -0.05) is 0 Å². The average molecular weight is 386 g/mol. The van der Waals surface area contributed by atoms with Crippen LogP contribution in [0.4, 0.5) is 5.82 Å². The SMILES string of the molecule is Nc1ccnc(=O)[nH]1.O.O.[Ca+2].[O-][Cl+3]([O-])([O-])[O-].[O-][Cl+3]([O-])([O-])[O-]. The number of nitrogens with two attached hydrogens (primary N) is 1. The third-order valence-electron chi connectivity index (χ3n) is 0.697. The van der Waals surface area contributed by atoms with E-state index < -0.39 is 26.2 Å². The number of halogens is 2. The monoisotopic (exact) mass is 385 g/mol. The molecule has 0 radical (unpaired) electrons. The smallest absolute Gasteiger partial charge is 0.412 e. The zero-order valence-electron chi connectivity index (χ0n) is 9.82. The Morgan fingerprint density at radius 2 is 1.24 bits per heavy atom. The maximum Gasteiger partial charge on any atom is 2.00 e. The van der Waals surface area contributed by atoms with Crippen LogP contribution in [0.2, 0.25) is 0 Å². The summed E-state index contributed by atoms with van der Waals surface area (Å²) in [6.07, 6.45) is 1.36. The van der Waals surface area contributed by atoms with Crippen LogP contribution < -0.4 is 48.7 Å². The molecule has 0 aliphatic rings. The number of hydrogen-bond donors (Lipinski definition) is 2. The van der Waals surface area contributed by atoms with Gasteiger partial charge in [0.2, 0.25) is 0 Å². The summed E-state index contributed by atoms with van der Waals surface area (Å²) in [5.74, 6) is 0.338. The Morgan fingerprint density at radius 1 is 0.952 bits per heavy atom. The number of nitrogens with zero attached hydrogens (tertiary/aromatic N) is 1. The zero-order chi connectivity index (χ0) is 15.0. The molecule has 0 atom stereocenters. The first-order valence-electron chi connectivity index (χ1n) is 3.33. The van der Waals surface area contributed by atoms with Crippen molar-refractivity contribution in [3.8, 4) is 0 Å². The predicted octanol–water partition coefficient (Wildman–Crippen LogP) is -12.2. The fourth-order valence-electron chi connectivity index (χ4n) is 0.383. The van der Waals surface area contributed by atoms with E-state index in [0.717, 1.165) is 0 Å². The van der Waals surface area contributed by atoms with E-state index in [0.29, 0.717) is 5.82 Å². The fraction of sp³-hybridized carbons (Fsp3) is 0. The van der Waals surface area contributed by atoms with Gasteiger partial charge in [-0.2, -0.15) is 0 Å². The third-order valence-corrected chi connectivity index (χ3v) is 0.697. The summed E-state index contributed by atoms with van der Waals surface area (Å²) in [6.45, 7) is 0. The van der Waals surface area contributed by atoms with Gasteiger partial charge in [-0.25, -0.2) is 47.1 Å². The van der Waals surface area contributed by atoms with Crippen LogP contribution in [0.15, 0.2) is 17.1 Å². The molecule has 0 saturated carbocycles. The number of anilines is 1. The van der Waals surface area contributed by atoms with E-state index in [2.05, 4.69) is 9.97 Å².